The number of para-hydroxylation sites is 1. The van der Waals surface area contributed by atoms with Gasteiger partial charge in [-0.25, -0.2) is 9.97 Å². The molecule has 1 N–H and O–H groups in total. The Morgan fingerprint density at radius 3 is 2.72 bits per heavy atom. The molecule has 6 rings (SSSR count). The molecule has 0 atom stereocenters. The number of piperidine rings is 1. The van der Waals surface area contributed by atoms with Crippen LogP contribution < -0.4 is 4.74 Å². The smallest absolute Gasteiger partial charge is 0.143 e. The van der Waals surface area contributed by atoms with Gasteiger partial charge in [0.15, 0.2) is 0 Å². The molecule has 0 unspecified atom stereocenters. The minimum absolute atomic E-state index is 0.194. The van der Waals surface area contributed by atoms with Crippen LogP contribution in [0.15, 0.2) is 48.8 Å². The van der Waals surface area contributed by atoms with Gasteiger partial charge in [0.2, 0.25) is 0 Å². The van der Waals surface area contributed by atoms with E-state index < -0.39 is 0 Å². The number of nitrogens with zero attached hydrogens (tertiary/aromatic N) is 5. The molecule has 4 aromatic rings. The first-order chi connectivity index (χ1) is 17.7. The van der Waals surface area contributed by atoms with Crippen molar-refractivity contribution in [1.82, 2.24) is 30.0 Å². The number of aromatic amines is 1. The first-order valence-corrected chi connectivity index (χ1v) is 12.9. The molecule has 8 heteroatoms. The molecular weight excluding hydrogens is 452 g/mol. The predicted molar refractivity (Wildman–Crippen MR) is 138 cm³/mol. The predicted octanol–water partition coefficient (Wildman–Crippen LogP) is 4.66. The number of pyridine rings is 1. The van der Waals surface area contributed by atoms with Gasteiger partial charge in [0.05, 0.1) is 37.2 Å². The Balaban J connectivity index is 1.07. The Morgan fingerprint density at radius 2 is 1.86 bits per heavy atom. The van der Waals surface area contributed by atoms with Crippen molar-refractivity contribution >= 4 is 10.9 Å². The molecule has 2 saturated heterocycles. The van der Waals surface area contributed by atoms with Gasteiger partial charge in [-0.3, -0.25) is 15.0 Å². The van der Waals surface area contributed by atoms with Gasteiger partial charge in [0.25, 0.3) is 0 Å². The van der Waals surface area contributed by atoms with Crippen molar-refractivity contribution in [1.29, 1.82) is 0 Å². The number of aryl methyl sites for hydroxylation is 1. The van der Waals surface area contributed by atoms with Gasteiger partial charge in [0.1, 0.15) is 17.7 Å². The lowest BCUT2D eigenvalue weighted by Crippen LogP contribution is -2.33. The minimum Gasteiger partial charge on any atom is -0.489 e. The van der Waals surface area contributed by atoms with Crippen molar-refractivity contribution in [3.63, 3.8) is 0 Å². The van der Waals surface area contributed by atoms with Crippen molar-refractivity contribution in [2.24, 2.45) is 0 Å². The Bertz CT molecular complexity index is 1320. The molecule has 0 saturated carbocycles. The van der Waals surface area contributed by atoms with Gasteiger partial charge in [0, 0.05) is 47.3 Å². The maximum atomic E-state index is 6.14. The lowest BCUT2D eigenvalue weighted by Gasteiger charge is -2.30. The van der Waals surface area contributed by atoms with Crippen molar-refractivity contribution in [2.45, 2.75) is 51.2 Å². The van der Waals surface area contributed by atoms with E-state index in [0.29, 0.717) is 5.92 Å². The largest absolute Gasteiger partial charge is 0.489 e. The van der Waals surface area contributed by atoms with Crippen molar-refractivity contribution in [3.8, 4) is 17.0 Å². The van der Waals surface area contributed by atoms with Crippen LogP contribution in [0, 0.1) is 6.92 Å². The number of ether oxygens (including phenoxy) is 2. The number of aromatic nitrogens is 5. The second-order valence-electron chi connectivity index (χ2n) is 9.84. The van der Waals surface area contributed by atoms with E-state index in [2.05, 4.69) is 45.2 Å². The van der Waals surface area contributed by atoms with E-state index in [0.717, 1.165) is 98.0 Å². The monoisotopic (exact) mass is 484 g/mol. The Kier molecular flexibility index (Phi) is 6.61. The summed E-state index contributed by atoms with van der Waals surface area (Å²) in [6.07, 6.45) is 7.83. The summed E-state index contributed by atoms with van der Waals surface area (Å²) in [7, 11) is 0. The second kappa shape index (κ2) is 10.3. The molecule has 0 amide bonds. The van der Waals surface area contributed by atoms with Gasteiger partial charge in [-0.1, -0.05) is 18.2 Å². The molecule has 2 fully saturated rings. The number of rotatable bonds is 6. The zero-order valence-corrected chi connectivity index (χ0v) is 20.7. The average molecular weight is 485 g/mol. The normalized spacial score (nSPS) is 18.0. The summed E-state index contributed by atoms with van der Waals surface area (Å²) in [4.78, 5) is 16.4. The topological polar surface area (TPSA) is 89.0 Å². The van der Waals surface area contributed by atoms with Crippen LogP contribution in [0.25, 0.3) is 22.2 Å². The maximum absolute atomic E-state index is 6.14. The van der Waals surface area contributed by atoms with Gasteiger partial charge in [-0.05, 0) is 51.1 Å². The molecule has 36 heavy (non-hydrogen) atoms. The van der Waals surface area contributed by atoms with E-state index in [1.807, 2.05) is 24.4 Å². The molecule has 2 aliphatic rings. The third-order valence-corrected chi connectivity index (χ3v) is 7.31. The van der Waals surface area contributed by atoms with Gasteiger partial charge in [-0.2, -0.15) is 5.10 Å². The summed E-state index contributed by atoms with van der Waals surface area (Å²) in [5.74, 6) is 2.17. The highest BCUT2D eigenvalue weighted by Crippen LogP contribution is 2.31. The van der Waals surface area contributed by atoms with Gasteiger partial charge >= 0.3 is 0 Å². The van der Waals surface area contributed by atoms with Crippen molar-refractivity contribution in [2.75, 3.05) is 26.3 Å². The molecule has 0 aliphatic carbocycles. The third-order valence-electron chi connectivity index (χ3n) is 7.31. The van der Waals surface area contributed by atoms with Crippen LogP contribution in [0.5, 0.6) is 5.75 Å². The minimum atomic E-state index is 0.194. The lowest BCUT2D eigenvalue weighted by atomic mass is 9.93. The van der Waals surface area contributed by atoms with Crippen molar-refractivity contribution < 1.29 is 9.47 Å². The lowest BCUT2D eigenvalue weighted by molar-refractivity contribution is 0.0254. The highest BCUT2D eigenvalue weighted by molar-refractivity contribution is 5.80. The number of hydrogen-bond donors (Lipinski definition) is 1. The SMILES string of the molecule is Cc1nc(CN2CCC(c3cc(-c4cncc(OC5CCOCC5)c4)n[nH]3)CC2)nc2ccccc12. The van der Waals surface area contributed by atoms with Crippen LogP contribution >= 0.6 is 0 Å². The first kappa shape index (κ1) is 23.1. The summed E-state index contributed by atoms with van der Waals surface area (Å²) in [5.41, 5.74) is 5.16. The summed E-state index contributed by atoms with van der Waals surface area (Å²) in [6, 6.07) is 12.4. The quantitative estimate of drug-likeness (QED) is 0.426. The zero-order valence-electron chi connectivity index (χ0n) is 20.7. The molecular formula is C28H32N6O2. The van der Waals surface area contributed by atoms with Crippen LogP contribution in [0.1, 0.15) is 48.8 Å². The molecule has 0 radical (unpaired) electrons. The fraction of sp³-hybridized carbons (Fsp3) is 0.429. The number of hydrogen-bond acceptors (Lipinski definition) is 7. The van der Waals surface area contributed by atoms with E-state index in [-0.39, 0.29) is 6.10 Å². The number of fused-ring (bicyclic) bond motifs is 1. The van der Waals surface area contributed by atoms with E-state index >= 15 is 0 Å². The van der Waals surface area contributed by atoms with E-state index in [1.165, 1.54) is 5.69 Å². The summed E-state index contributed by atoms with van der Waals surface area (Å²) in [5, 5.41) is 9.02. The molecule has 2 aliphatic heterocycles. The van der Waals surface area contributed by atoms with Gasteiger partial charge in [-0.15, -0.1) is 0 Å². The Morgan fingerprint density at radius 1 is 1.03 bits per heavy atom. The molecule has 5 heterocycles. The number of nitrogens with one attached hydrogen (secondary N) is 1. The molecule has 1 aromatic carbocycles. The number of H-pyrrole nitrogens is 1. The first-order valence-electron chi connectivity index (χ1n) is 12.9. The van der Waals surface area contributed by atoms with E-state index in [9.17, 15) is 0 Å². The van der Waals surface area contributed by atoms with Crippen LogP contribution in [0.3, 0.4) is 0 Å². The zero-order chi connectivity index (χ0) is 24.3. The third kappa shape index (κ3) is 5.10. The van der Waals surface area contributed by atoms with Crippen LogP contribution in [-0.4, -0.2) is 62.5 Å². The van der Waals surface area contributed by atoms with E-state index in [4.69, 9.17) is 19.4 Å². The maximum Gasteiger partial charge on any atom is 0.143 e. The molecule has 0 bridgehead atoms. The average Bonchev–Trinajstić information content (AvgIpc) is 3.41. The van der Waals surface area contributed by atoms with Crippen LogP contribution in [0.4, 0.5) is 0 Å². The molecule has 8 nitrogen and oxygen atoms in total. The summed E-state index contributed by atoms with van der Waals surface area (Å²) >= 11 is 0. The standard InChI is InChI=1S/C28H32N6O2/c1-19-24-4-2-3-5-25(24)31-28(30-19)18-34-10-6-20(7-11-34)26-15-27(33-32-26)21-14-23(17-29-16-21)36-22-8-12-35-13-9-22/h2-5,14-17,20,22H,6-13,18H2,1H3,(H,32,33). The molecule has 186 valence electrons. The van der Waals surface area contributed by atoms with Gasteiger partial charge < -0.3 is 9.47 Å². The number of likely N-dealkylation sites (tertiary alicyclic amines) is 1. The molecule has 3 aromatic heterocycles. The highest BCUT2D eigenvalue weighted by atomic mass is 16.5. The fourth-order valence-electron chi connectivity index (χ4n) is 5.27. The van der Waals surface area contributed by atoms with Crippen molar-refractivity contribution in [3.05, 3.63) is 66.0 Å². The van der Waals surface area contributed by atoms with Crippen LogP contribution in [0.2, 0.25) is 0 Å². The molecule has 0 spiro atoms. The number of benzene rings is 1. The highest BCUT2D eigenvalue weighted by Gasteiger charge is 2.23. The summed E-state index contributed by atoms with van der Waals surface area (Å²) in [6.45, 7) is 6.41. The Labute approximate surface area is 211 Å². The second-order valence-corrected chi connectivity index (χ2v) is 9.84. The Hall–Kier alpha value is -3.36. The fourth-order valence-corrected chi connectivity index (χ4v) is 5.27. The van der Waals surface area contributed by atoms with E-state index in [1.54, 1.807) is 6.20 Å². The summed E-state index contributed by atoms with van der Waals surface area (Å²) < 4.78 is 11.6. The van der Waals surface area contributed by atoms with Crippen LogP contribution in [-0.2, 0) is 11.3 Å².